The van der Waals surface area contributed by atoms with Crippen molar-refractivity contribution in [3.05, 3.63) is 53.1 Å². The van der Waals surface area contributed by atoms with Gasteiger partial charge in [-0.1, -0.05) is 6.92 Å². The molecule has 0 atom stereocenters. The molecule has 4 heteroatoms. The molecule has 100 valence electrons. The van der Waals surface area contributed by atoms with Gasteiger partial charge in [-0.05, 0) is 43.7 Å². The zero-order valence-electron chi connectivity index (χ0n) is 10.9. The highest BCUT2D eigenvalue weighted by Gasteiger charge is 2.09. The van der Waals surface area contributed by atoms with E-state index in [1.165, 1.54) is 12.1 Å². The molecule has 1 aromatic carbocycles. The van der Waals surface area contributed by atoms with Gasteiger partial charge in [-0.25, -0.2) is 4.39 Å². The number of ether oxygens (including phenoxy) is 1. The van der Waals surface area contributed by atoms with Crippen LogP contribution in [0.25, 0.3) is 0 Å². The van der Waals surface area contributed by atoms with Crippen molar-refractivity contribution in [1.29, 1.82) is 0 Å². The number of rotatable bonds is 4. The van der Waals surface area contributed by atoms with E-state index in [0.717, 1.165) is 17.8 Å². The average Bonchev–Trinajstić information content (AvgIpc) is 2.42. The lowest BCUT2D eigenvalue weighted by molar-refractivity contribution is 0.466. The van der Waals surface area contributed by atoms with Crippen LogP contribution in [0.15, 0.2) is 30.3 Å². The summed E-state index contributed by atoms with van der Waals surface area (Å²) >= 11 is 5.81. The molecular weight excluding hydrogens is 265 g/mol. The van der Waals surface area contributed by atoms with Crippen LogP contribution in [-0.2, 0) is 12.3 Å². The molecular formula is C15H15ClFNO. The van der Waals surface area contributed by atoms with Crippen molar-refractivity contribution in [2.75, 3.05) is 0 Å². The van der Waals surface area contributed by atoms with Crippen LogP contribution >= 0.6 is 11.6 Å². The first-order chi connectivity index (χ1) is 9.13. The van der Waals surface area contributed by atoms with Crippen LogP contribution in [0.1, 0.15) is 23.9 Å². The molecule has 1 heterocycles. The number of hydrogen-bond donors (Lipinski definition) is 0. The maximum Gasteiger partial charge on any atom is 0.148 e. The topological polar surface area (TPSA) is 22.1 Å². The summed E-state index contributed by atoms with van der Waals surface area (Å²) < 4.78 is 19.0. The molecule has 0 fully saturated rings. The summed E-state index contributed by atoms with van der Waals surface area (Å²) in [5.74, 6) is 1.14. The second-order valence-electron chi connectivity index (χ2n) is 4.24. The van der Waals surface area contributed by atoms with Crippen molar-refractivity contribution in [1.82, 2.24) is 4.98 Å². The van der Waals surface area contributed by atoms with E-state index in [9.17, 15) is 4.39 Å². The predicted molar refractivity (Wildman–Crippen MR) is 74.4 cm³/mol. The van der Waals surface area contributed by atoms with E-state index >= 15 is 0 Å². The minimum atomic E-state index is -0.319. The van der Waals surface area contributed by atoms with Crippen LogP contribution < -0.4 is 4.74 Å². The number of benzene rings is 1. The van der Waals surface area contributed by atoms with Gasteiger partial charge < -0.3 is 4.74 Å². The molecule has 0 saturated heterocycles. The highest BCUT2D eigenvalue weighted by Crippen LogP contribution is 2.29. The molecule has 2 aromatic rings. The molecule has 0 radical (unpaired) electrons. The maximum atomic E-state index is 13.1. The van der Waals surface area contributed by atoms with Gasteiger partial charge in [0.1, 0.15) is 17.3 Å². The number of hydrogen-bond acceptors (Lipinski definition) is 2. The molecule has 0 unspecified atom stereocenters. The fraction of sp³-hybridized carbons (Fsp3) is 0.267. The standard InChI is InChI=1S/C15H15ClFNO/c1-3-13-15(6-4-10(2)18-13)19-14-7-5-12(17)8-11(14)9-16/h4-8H,3,9H2,1-2H3. The Bertz CT molecular complexity index is 535. The van der Waals surface area contributed by atoms with E-state index in [1.807, 2.05) is 26.0 Å². The van der Waals surface area contributed by atoms with Gasteiger partial charge in [-0.15, -0.1) is 11.6 Å². The Morgan fingerprint density at radius 3 is 2.63 bits per heavy atom. The highest BCUT2D eigenvalue weighted by molar-refractivity contribution is 6.17. The zero-order valence-corrected chi connectivity index (χ0v) is 11.7. The summed E-state index contributed by atoms with van der Waals surface area (Å²) in [6.07, 6.45) is 0.772. The van der Waals surface area contributed by atoms with Crippen LogP contribution in [0.3, 0.4) is 0 Å². The summed E-state index contributed by atoms with van der Waals surface area (Å²) in [5.41, 5.74) is 2.45. The van der Waals surface area contributed by atoms with Gasteiger partial charge in [0, 0.05) is 11.3 Å². The number of aryl methyl sites for hydroxylation is 2. The predicted octanol–water partition coefficient (Wildman–Crippen LogP) is 4.62. The molecule has 19 heavy (non-hydrogen) atoms. The SMILES string of the molecule is CCc1nc(C)ccc1Oc1ccc(F)cc1CCl. The Morgan fingerprint density at radius 2 is 1.95 bits per heavy atom. The summed E-state index contributed by atoms with van der Waals surface area (Å²) in [7, 11) is 0. The highest BCUT2D eigenvalue weighted by atomic mass is 35.5. The van der Waals surface area contributed by atoms with Gasteiger partial charge in [-0.3, -0.25) is 4.98 Å². The van der Waals surface area contributed by atoms with Crippen molar-refractivity contribution < 1.29 is 9.13 Å². The van der Waals surface area contributed by atoms with E-state index in [4.69, 9.17) is 16.3 Å². The minimum absolute atomic E-state index is 0.202. The summed E-state index contributed by atoms with van der Waals surface area (Å²) in [6, 6.07) is 8.10. The molecule has 1 aromatic heterocycles. The Morgan fingerprint density at radius 1 is 1.21 bits per heavy atom. The van der Waals surface area contributed by atoms with E-state index in [1.54, 1.807) is 6.07 Å². The minimum Gasteiger partial charge on any atom is -0.455 e. The Labute approximate surface area is 117 Å². The first-order valence-corrected chi connectivity index (χ1v) is 6.66. The van der Waals surface area contributed by atoms with Crippen LogP contribution in [-0.4, -0.2) is 4.98 Å². The lowest BCUT2D eigenvalue weighted by Gasteiger charge is -2.12. The Kier molecular flexibility index (Phi) is 4.38. The normalized spacial score (nSPS) is 10.5. The van der Waals surface area contributed by atoms with Crippen LogP contribution in [0.4, 0.5) is 4.39 Å². The van der Waals surface area contributed by atoms with E-state index < -0.39 is 0 Å². The third kappa shape index (κ3) is 3.24. The van der Waals surface area contributed by atoms with Crippen LogP contribution in [0.5, 0.6) is 11.5 Å². The zero-order chi connectivity index (χ0) is 13.8. The summed E-state index contributed by atoms with van der Waals surface area (Å²) in [4.78, 5) is 4.43. The Balaban J connectivity index is 2.36. The summed E-state index contributed by atoms with van der Waals surface area (Å²) in [6.45, 7) is 3.95. The van der Waals surface area contributed by atoms with Crippen molar-refractivity contribution in [3.63, 3.8) is 0 Å². The number of nitrogens with zero attached hydrogens (tertiary/aromatic N) is 1. The van der Waals surface area contributed by atoms with Crippen molar-refractivity contribution >= 4 is 11.6 Å². The third-order valence-corrected chi connectivity index (χ3v) is 3.08. The lowest BCUT2D eigenvalue weighted by atomic mass is 10.2. The monoisotopic (exact) mass is 279 g/mol. The fourth-order valence-electron chi connectivity index (χ4n) is 1.81. The Hall–Kier alpha value is -1.61. The van der Waals surface area contributed by atoms with E-state index in [2.05, 4.69) is 4.98 Å². The molecule has 0 amide bonds. The van der Waals surface area contributed by atoms with Crippen molar-refractivity contribution in [3.8, 4) is 11.5 Å². The maximum absolute atomic E-state index is 13.1. The molecule has 0 saturated carbocycles. The van der Waals surface area contributed by atoms with Crippen LogP contribution in [0, 0.1) is 12.7 Å². The lowest BCUT2D eigenvalue weighted by Crippen LogP contribution is -1.97. The molecule has 0 aliphatic rings. The molecule has 0 spiro atoms. The van der Waals surface area contributed by atoms with Gasteiger partial charge in [0.2, 0.25) is 0 Å². The molecule has 0 bridgehead atoms. The fourth-order valence-corrected chi connectivity index (χ4v) is 2.02. The number of alkyl halides is 1. The smallest absolute Gasteiger partial charge is 0.148 e. The first-order valence-electron chi connectivity index (χ1n) is 6.12. The van der Waals surface area contributed by atoms with E-state index in [-0.39, 0.29) is 11.7 Å². The van der Waals surface area contributed by atoms with Crippen molar-refractivity contribution in [2.24, 2.45) is 0 Å². The third-order valence-electron chi connectivity index (χ3n) is 2.79. The quantitative estimate of drug-likeness (QED) is 0.762. The molecule has 0 aliphatic carbocycles. The molecule has 2 nitrogen and oxygen atoms in total. The summed E-state index contributed by atoms with van der Waals surface area (Å²) in [5, 5.41) is 0. The second kappa shape index (κ2) is 6.02. The van der Waals surface area contributed by atoms with Gasteiger partial charge in [0.05, 0.1) is 11.6 Å². The van der Waals surface area contributed by atoms with Crippen LogP contribution in [0.2, 0.25) is 0 Å². The molecule has 0 N–H and O–H groups in total. The number of aromatic nitrogens is 1. The number of halogens is 2. The van der Waals surface area contributed by atoms with Gasteiger partial charge in [-0.2, -0.15) is 0 Å². The van der Waals surface area contributed by atoms with E-state index in [0.29, 0.717) is 17.1 Å². The second-order valence-corrected chi connectivity index (χ2v) is 4.51. The van der Waals surface area contributed by atoms with Crippen molar-refractivity contribution in [2.45, 2.75) is 26.1 Å². The van der Waals surface area contributed by atoms with Gasteiger partial charge in [0.15, 0.2) is 0 Å². The first kappa shape index (κ1) is 13.8. The molecule has 2 rings (SSSR count). The molecule has 0 aliphatic heterocycles. The van der Waals surface area contributed by atoms with Gasteiger partial charge >= 0.3 is 0 Å². The number of pyridine rings is 1. The average molecular weight is 280 g/mol. The van der Waals surface area contributed by atoms with Gasteiger partial charge in [0.25, 0.3) is 0 Å². The largest absolute Gasteiger partial charge is 0.455 e.